The van der Waals surface area contributed by atoms with Crippen LogP contribution in [0.2, 0.25) is 5.02 Å². The molecule has 0 aliphatic carbocycles. The third-order valence-corrected chi connectivity index (χ3v) is 5.95. The van der Waals surface area contributed by atoms with Crippen molar-refractivity contribution in [2.24, 2.45) is 0 Å². The minimum atomic E-state index is 0.484. The molecular weight excluding hydrogens is 406 g/mol. The van der Waals surface area contributed by atoms with Crippen molar-refractivity contribution < 1.29 is 4.74 Å². The van der Waals surface area contributed by atoms with E-state index in [0.29, 0.717) is 6.61 Å². The van der Waals surface area contributed by atoms with Gasteiger partial charge in [0.05, 0.1) is 0 Å². The lowest BCUT2D eigenvalue weighted by Gasteiger charge is -2.36. The third kappa shape index (κ3) is 4.44. The summed E-state index contributed by atoms with van der Waals surface area (Å²) < 4.78 is 6.13. The molecule has 31 heavy (non-hydrogen) atoms. The first kappa shape index (κ1) is 19.7. The summed E-state index contributed by atoms with van der Waals surface area (Å²) in [5, 5.41) is 1.81. The number of halogens is 1. The summed E-state index contributed by atoms with van der Waals surface area (Å²) in [6.07, 6.45) is 0. The first-order valence-corrected chi connectivity index (χ1v) is 11.0. The molecule has 0 saturated carbocycles. The molecule has 0 N–H and O–H groups in total. The summed E-state index contributed by atoms with van der Waals surface area (Å²) in [6.45, 7) is 4.34. The Balaban J connectivity index is 1.32. The molecule has 0 radical (unpaired) electrons. The molecule has 4 aromatic rings. The van der Waals surface area contributed by atoms with Crippen LogP contribution in [-0.4, -0.2) is 31.2 Å². The number of rotatable bonds is 5. The fourth-order valence-electron chi connectivity index (χ4n) is 3.98. The topological polar surface area (TPSA) is 28.6 Å². The first-order valence-electron chi connectivity index (χ1n) is 10.6. The largest absolute Gasteiger partial charge is 0.487 e. The van der Waals surface area contributed by atoms with Crippen molar-refractivity contribution in [3.63, 3.8) is 0 Å². The van der Waals surface area contributed by atoms with Gasteiger partial charge < -0.3 is 14.5 Å². The zero-order valence-corrected chi connectivity index (χ0v) is 18.0. The van der Waals surface area contributed by atoms with E-state index in [4.69, 9.17) is 21.3 Å². The lowest BCUT2D eigenvalue weighted by Crippen LogP contribution is -2.46. The molecule has 0 amide bonds. The standard InChI is InChI=1S/C26H24ClN3O/c27-22-12-9-20(10-13-22)19-31-24-8-4-5-21-11-14-25(28-26(21)24)30-17-15-29(16-18-30)23-6-2-1-3-7-23/h1-14H,15-19H2. The first-order chi connectivity index (χ1) is 15.3. The Morgan fingerprint density at radius 2 is 1.48 bits per heavy atom. The molecule has 1 aromatic heterocycles. The summed E-state index contributed by atoms with van der Waals surface area (Å²) >= 11 is 5.98. The third-order valence-electron chi connectivity index (χ3n) is 5.70. The molecule has 4 nitrogen and oxygen atoms in total. The van der Waals surface area contributed by atoms with E-state index in [1.165, 1.54) is 5.69 Å². The van der Waals surface area contributed by atoms with E-state index in [2.05, 4.69) is 58.3 Å². The van der Waals surface area contributed by atoms with Crippen LogP contribution >= 0.6 is 11.6 Å². The Bertz CT molecular complexity index is 1160. The van der Waals surface area contributed by atoms with E-state index < -0.39 is 0 Å². The molecule has 0 atom stereocenters. The number of fused-ring (bicyclic) bond motifs is 1. The molecule has 1 aliphatic heterocycles. The lowest BCUT2D eigenvalue weighted by molar-refractivity contribution is 0.309. The number of anilines is 2. The highest BCUT2D eigenvalue weighted by atomic mass is 35.5. The number of piperazine rings is 1. The van der Waals surface area contributed by atoms with Gasteiger partial charge in [-0.25, -0.2) is 4.98 Å². The van der Waals surface area contributed by atoms with Crippen molar-refractivity contribution in [2.45, 2.75) is 6.61 Å². The second-order valence-corrected chi connectivity index (χ2v) is 8.16. The number of hydrogen-bond acceptors (Lipinski definition) is 4. The van der Waals surface area contributed by atoms with Crippen LogP contribution in [-0.2, 0) is 6.61 Å². The number of ether oxygens (including phenoxy) is 1. The minimum Gasteiger partial charge on any atom is -0.487 e. The number of para-hydroxylation sites is 2. The van der Waals surface area contributed by atoms with Gasteiger partial charge in [-0.1, -0.05) is 54.1 Å². The van der Waals surface area contributed by atoms with Gasteiger partial charge in [-0.05, 0) is 48.0 Å². The molecule has 5 heteroatoms. The highest BCUT2D eigenvalue weighted by Crippen LogP contribution is 2.28. The van der Waals surface area contributed by atoms with Crippen LogP contribution in [0.3, 0.4) is 0 Å². The zero-order valence-electron chi connectivity index (χ0n) is 17.2. The van der Waals surface area contributed by atoms with Gasteiger partial charge in [0.1, 0.15) is 23.7 Å². The average Bonchev–Trinajstić information content (AvgIpc) is 2.84. The molecule has 1 fully saturated rings. The second-order valence-electron chi connectivity index (χ2n) is 7.72. The van der Waals surface area contributed by atoms with Gasteiger partial charge in [0.15, 0.2) is 0 Å². The molecule has 1 saturated heterocycles. The van der Waals surface area contributed by atoms with Crippen LogP contribution in [0.15, 0.2) is 84.9 Å². The second kappa shape index (κ2) is 8.86. The summed E-state index contributed by atoms with van der Waals surface area (Å²) in [6, 6.07) is 28.7. The predicted octanol–water partition coefficient (Wildman–Crippen LogP) is 5.79. The molecule has 0 unspecified atom stereocenters. The smallest absolute Gasteiger partial charge is 0.146 e. The van der Waals surface area contributed by atoms with Crippen LogP contribution in [0.25, 0.3) is 10.9 Å². The fraction of sp³-hybridized carbons (Fsp3) is 0.192. The van der Waals surface area contributed by atoms with Crippen molar-refractivity contribution in [2.75, 3.05) is 36.0 Å². The Hall–Kier alpha value is -3.24. The average molecular weight is 430 g/mol. The molecular formula is C26H24ClN3O. The van der Waals surface area contributed by atoms with Crippen molar-refractivity contribution in [3.8, 4) is 5.75 Å². The molecule has 0 spiro atoms. The van der Waals surface area contributed by atoms with E-state index >= 15 is 0 Å². The number of benzene rings is 3. The van der Waals surface area contributed by atoms with Crippen LogP contribution in [0, 0.1) is 0 Å². The SMILES string of the molecule is Clc1ccc(COc2cccc3ccc(N4CCN(c5ccccc5)CC4)nc23)cc1. The predicted molar refractivity (Wildman–Crippen MR) is 128 cm³/mol. The van der Waals surface area contributed by atoms with E-state index in [9.17, 15) is 0 Å². The van der Waals surface area contributed by atoms with Gasteiger partial charge in [0, 0.05) is 42.3 Å². The molecule has 1 aliphatic rings. The number of hydrogen-bond donors (Lipinski definition) is 0. The Kier molecular flexibility index (Phi) is 5.63. The Morgan fingerprint density at radius 1 is 0.742 bits per heavy atom. The quantitative estimate of drug-likeness (QED) is 0.401. The van der Waals surface area contributed by atoms with Crippen LogP contribution < -0.4 is 14.5 Å². The Labute approximate surface area is 187 Å². The van der Waals surface area contributed by atoms with Gasteiger partial charge in [0.25, 0.3) is 0 Å². The monoisotopic (exact) mass is 429 g/mol. The maximum atomic E-state index is 6.13. The van der Waals surface area contributed by atoms with Crippen molar-refractivity contribution >= 4 is 34.0 Å². The van der Waals surface area contributed by atoms with Crippen LogP contribution in [0.4, 0.5) is 11.5 Å². The van der Waals surface area contributed by atoms with E-state index in [1.54, 1.807) is 0 Å². The number of nitrogens with zero attached hydrogens (tertiary/aromatic N) is 3. The normalized spacial score (nSPS) is 14.1. The van der Waals surface area contributed by atoms with Gasteiger partial charge >= 0.3 is 0 Å². The number of pyridine rings is 1. The molecule has 5 rings (SSSR count). The number of aromatic nitrogens is 1. The van der Waals surface area contributed by atoms with Crippen LogP contribution in [0.1, 0.15) is 5.56 Å². The summed E-state index contributed by atoms with van der Waals surface area (Å²) in [4.78, 5) is 9.77. The van der Waals surface area contributed by atoms with Crippen molar-refractivity contribution in [3.05, 3.63) is 95.5 Å². The van der Waals surface area contributed by atoms with Crippen molar-refractivity contribution in [1.82, 2.24) is 4.98 Å². The molecule has 156 valence electrons. The summed E-state index contributed by atoms with van der Waals surface area (Å²) in [5.74, 6) is 1.81. The highest BCUT2D eigenvalue weighted by Gasteiger charge is 2.19. The highest BCUT2D eigenvalue weighted by molar-refractivity contribution is 6.30. The Morgan fingerprint density at radius 3 is 2.26 bits per heavy atom. The summed E-state index contributed by atoms with van der Waals surface area (Å²) in [5.41, 5.74) is 3.26. The maximum absolute atomic E-state index is 6.13. The molecule has 3 aromatic carbocycles. The van der Waals surface area contributed by atoms with Gasteiger partial charge in [-0.2, -0.15) is 0 Å². The molecule has 0 bridgehead atoms. The maximum Gasteiger partial charge on any atom is 0.146 e. The van der Waals surface area contributed by atoms with E-state index in [-0.39, 0.29) is 0 Å². The fourth-order valence-corrected chi connectivity index (χ4v) is 4.10. The minimum absolute atomic E-state index is 0.484. The molecule has 2 heterocycles. The van der Waals surface area contributed by atoms with Gasteiger partial charge in [-0.15, -0.1) is 0 Å². The van der Waals surface area contributed by atoms with Crippen molar-refractivity contribution in [1.29, 1.82) is 0 Å². The van der Waals surface area contributed by atoms with Crippen LogP contribution in [0.5, 0.6) is 5.75 Å². The lowest BCUT2D eigenvalue weighted by atomic mass is 10.2. The van der Waals surface area contributed by atoms with Gasteiger partial charge in [-0.3, -0.25) is 0 Å². The zero-order chi connectivity index (χ0) is 21.0. The van der Waals surface area contributed by atoms with E-state index in [0.717, 1.165) is 59.2 Å². The summed E-state index contributed by atoms with van der Waals surface area (Å²) in [7, 11) is 0. The van der Waals surface area contributed by atoms with E-state index in [1.807, 2.05) is 36.4 Å². The van der Waals surface area contributed by atoms with Gasteiger partial charge in [0.2, 0.25) is 0 Å².